The predicted octanol–water partition coefficient (Wildman–Crippen LogP) is 1.91. The quantitative estimate of drug-likeness (QED) is 0.760. The number of methoxy groups -OCH3 is 1. The van der Waals surface area contributed by atoms with Crippen molar-refractivity contribution in [1.82, 2.24) is 10.2 Å². The van der Waals surface area contributed by atoms with Gasteiger partial charge in [-0.1, -0.05) is 6.92 Å². The molecule has 1 N–H and O–H groups in total. The summed E-state index contributed by atoms with van der Waals surface area (Å²) in [6.45, 7) is 2.04. The van der Waals surface area contributed by atoms with Crippen LogP contribution in [0, 0.1) is 0 Å². The van der Waals surface area contributed by atoms with Crippen molar-refractivity contribution in [3.63, 3.8) is 0 Å². The van der Waals surface area contributed by atoms with Gasteiger partial charge < -0.3 is 4.74 Å². The van der Waals surface area contributed by atoms with E-state index in [2.05, 4.69) is 10.2 Å². The van der Waals surface area contributed by atoms with Crippen molar-refractivity contribution in [1.29, 1.82) is 0 Å². The zero-order chi connectivity index (χ0) is 10.8. The summed E-state index contributed by atoms with van der Waals surface area (Å²) >= 11 is 0. The number of ether oxygens (including phenoxy) is 1. The Morgan fingerprint density at radius 3 is 3.00 bits per heavy atom. The molecule has 4 nitrogen and oxygen atoms in total. The summed E-state index contributed by atoms with van der Waals surface area (Å²) in [7, 11) is 1.38. The van der Waals surface area contributed by atoms with Crippen molar-refractivity contribution in [2.75, 3.05) is 7.11 Å². The molecule has 0 aliphatic rings. The second-order valence-corrected chi connectivity index (χ2v) is 3.31. The van der Waals surface area contributed by atoms with E-state index in [1.165, 1.54) is 7.11 Å². The molecule has 0 atom stereocenters. The van der Waals surface area contributed by atoms with Crippen LogP contribution in [0.25, 0.3) is 10.9 Å². The number of carbonyl (C=O) groups excluding carboxylic acids is 1. The molecule has 0 saturated heterocycles. The molecule has 78 valence electrons. The van der Waals surface area contributed by atoms with Crippen molar-refractivity contribution in [2.24, 2.45) is 0 Å². The third-order valence-electron chi connectivity index (χ3n) is 2.43. The number of nitrogens with one attached hydrogen (secondary N) is 1. The van der Waals surface area contributed by atoms with Gasteiger partial charge in [-0.2, -0.15) is 5.10 Å². The van der Waals surface area contributed by atoms with Gasteiger partial charge in [0.1, 0.15) is 0 Å². The van der Waals surface area contributed by atoms with E-state index in [0.29, 0.717) is 5.56 Å². The summed E-state index contributed by atoms with van der Waals surface area (Å²) < 4.78 is 4.69. The van der Waals surface area contributed by atoms with Crippen LogP contribution >= 0.6 is 0 Å². The standard InChI is InChI=1S/C11H12N2O2/c1-3-7-4-8(11(14)15-2)5-9-6-12-13-10(7)9/h4-6H,3H2,1-2H3,(H,12,13). The van der Waals surface area contributed by atoms with E-state index < -0.39 is 0 Å². The lowest BCUT2D eigenvalue weighted by Gasteiger charge is -2.03. The van der Waals surface area contributed by atoms with Crippen LogP contribution < -0.4 is 0 Å². The Bertz CT molecular complexity index is 502. The molecular weight excluding hydrogens is 192 g/mol. The van der Waals surface area contributed by atoms with Gasteiger partial charge in [-0.3, -0.25) is 5.10 Å². The number of aromatic amines is 1. The number of H-pyrrole nitrogens is 1. The Balaban J connectivity index is 2.63. The van der Waals surface area contributed by atoms with E-state index in [-0.39, 0.29) is 5.97 Å². The molecule has 1 heterocycles. The molecule has 0 unspecified atom stereocenters. The molecule has 2 rings (SSSR count). The molecular formula is C11H12N2O2. The summed E-state index contributed by atoms with van der Waals surface area (Å²) in [5.74, 6) is -0.312. The van der Waals surface area contributed by atoms with Crippen LogP contribution in [-0.4, -0.2) is 23.3 Å². The third-order valence-corrected chi connectivity index (χ3v) is 2.43. The molecule has 0 aliphatic heterocycles. The molecule has 2 aromatic rings. The minimum Gasteiger partial charge on any atom is -0.465 e. The Morgan fingerprint density at radius 2 is 2.33 bits per heavy atom. The molecule has 0 saturated carbocycles. The maximum Gasteiger partial charge on any atom is 0.337 e. The van der Waals surface area contributed by atoms with Crippen LogP contribution in [0.2, 0.25) is 0 Å². The minimum atomic E-state index is -0.312. The van der Waals surface area contributed by atoms with Gasteiger partial charge in [-0.15, -0.1) is 0 Å². The van der Waals surface area contributed by atoms with E-state index in [9.17, 15) is 4.79 Å². The van der Waals surface area contributed by atoms with Gasteiger partial charge in [0.25, 0.3) is 0 Å². The second-order valence-electron chi connectivity index (χ2n) is 3.31. The Kier molecular flexibility index (Phi) is 2.41. The third kappa shape index (κ3) is 1.58. The minimum absolute atomic E-state index is 0.312. The number of hydrogen-bond donors (Lipinski definition) is 1. The summed E-state index contributed by atoms with van der Waals surface area (Å²) in [5.41, 5.74) is 2.64. The second kappa shape index (κ2) is 3.73. The highest BCUT2D eigenvalue weighted by Gasteiger charge is 2.10. The number of benzene rings is 1. The fourth-order valence-electron chi connectivity index (χ4n) is 1.65. The average Bonchev–Trinajstić information content (AvgIpc) is 2.74. The molecule has 1 aromatic heterocycles. The molecule has 15 heavy (non-hydrogen) atoms. The first kappa shape index (κ1) is 9.71. The topological polar surface area (TPSA) is 55.0 Å². The van der Waals surface area contributed by atoms with Crippen molar-refractivity contribution in [2.45, 2.75) is 13.3 Å². The number of hydrogen-bond acceptors (Lipinski definition) is 3. The predicted molar refractivity (Wildman–Crippen MR) is 56.8 cm³/mol. The van der Waals surface area contributed by atoms with Crippen molar-refractivity contribution in [3.05, 3.63) is 29.5 Å². The van der Waals surface area contributed by atoms with Crippen LogP contribution in [0.15, 0.2) is 18.3 Å². The van der Waals surface area contributed by atoms with Crippen molar-refractivity contribution in [3.8, 4) is 0 Å². The first-order valence-electron chi connectivity index (χ1n) is 4.80. The van der Waals surface area contributed by atoms with Gasteiger partial charge in [-0.05, 0) is 24.1 Å². The molecule has 0 radical (unpaired) electrons. The Hall–Kier alpha value is -1.84. The number of aryl methyl sites for hydroxylation is 1. The molecule has 0 bridgehead atoms. The maximum absolute atomic E-state index is 11.4. The SMILES string of the molecule is CCc1cc(C(=O)OC)cc2cn[nH]c12. The number of aromatic nitrogens is 2. The zero-order valence-electron chi connectivity index (χ0n) is 8.70. The van der Waals surface area contributed by atoms with E-state index in [1.807, 2.05) is 13.0 Å². The smallest absolute Gasteiger partial charge is 0.337 e. The van der Waals surface area contributed by atoms with Gasteiger partial charge in [0.15, 0.2) is 0 Å². The van der Waals surface area contributed by atoms with Crippen LogP contribution in [0.3, 0.4) is 0 Å². The van der Waals surface area contributed by atoms with Crippen LogP contribution in [0.1, 0.15) is 22.8 Å². The summed E-state index contributed by atoms with van der Waals surface area (Å²) in [4.78, 5) is 11.4. The van der Waals surface area contributed by atoms with Gasteiger partial charge in [0.2, 0.25) is 0 Å². The maximum atomic E-state index is 11.4. The van der Waals surface area contributed by atoms with Gasteiger partial charge in [0.05, 0.1) is 24.4 Å². The van der Waals surface area contributed by atoms with Gasteiger partial charge in [0, 0.05) is 5.39 Å². The van der Waals surface area contributed by atoms with Crippen LogP contribution in [-0.2, 0) is 11.2 Å². The molecule has 0 aliphatic carbocycles. The highest BCUT2D eigenvalue weighted by molar-refractivity contribution is 5.95. The van der Waals surface area contributed by atoms with Gasteiger partial charge >= 0.3 is 5.97 Å². The van der Waals surface area contributed by atoms with E-state index in [1.54, 1.807) is 12.3 Å². The molecule has 0 fully saturated rings. The van der Waals surface area contributed by atoms with E-state index in [0.717, 1.165) is 22.9 Å². The summed E-state index contributed by atoms with van der Waals surface area (Å²) in [6, 6.07) is 3.62. The summed E-state index contributed by atoms with van der Waals surface area (Å²) in [5, 5.41) is 7.82. The fraction of sp³-hybridized carbons (Fsp3) is 0.273. The van der Waals surface area contributed by atoms with Crippen LogP contribution in [0.4, 0.5) is 0 Å². The highest BCUT2D eigenvalue weighted by Crippen LogP contribution is 2.19. The number of rotatable bonds is 2. The lowest BCUT2D eigenvalue weighted by molar-refractivity contribution is 0.0601. The lowest BCUT2D eigenvalue weighted by atomic mass is 10.1. The Labute approximate surface area is 87.2 Å². The van der Waals surface area contributed by atoms with Gasteiger partial charge in [-0.25, -0.2) is 4.79 Å². The lowest BCUT2D eigenvalue weighted by Crippen LogP contribution is -2.02. The number of esters is 1. The molecule has 4 heteroatoms. The van der Waals surface area contributed by atoms with E-state index >= 15 is 0 Å². The van der Waals surface area contributed by atoms with Crippen molar-refractivity contribution >= 4 is 16.9 Å². The summed E-state index contributed by atoms with van der Waals surface area (Å²) in [6.07, 6.45) is 2.56. The first-order chi connectivity index (χ1) is 7.26. The largest absolute Gasteiger partial charge is 0.465 e. The number of carbonyl (C=O) groups is 1. The fourth-order valence-corrected chi connectivity index (χ4v) is 1.65. The normalized spacial score (nSPS) is 10.5. The number of nitrogens with zero attached hydrogens (tertiary/aromatic N) is 1. The van der Waals surface area contributed by atoms with E-state index in [4.69, 9.17) is 4.74 Å². The van der Waals surface area contributed by atoms with Crippen LogP contribution in [0.5, 0.6) is 0 Å². The van der Waals surface area contributed by atoms with Crippen molar-refractivity contribution < 1.29 is 9.53 Å². The molecule has 1 aromatic carbocycles. The zero-order valence-corrected chi connectivity index (χ0v) is 8.70. The Morgan fingerprint density at radius 1 is 1.53 bits per heavy atom. The average molecular weight is 204 g/mol. The monoisotopic (exact) mass is 204 g/mol. The molecule has 0 amide bonds. The highest BCUT2D eigenvalue weighted by atomic mass is 16.5. The molecule has 0 spiro atoms. The first-order valence-corrected chi connectivity index (χ1v) is 4.80. The number of fused-ring (bicyclic) bond motifs is 1.